The summed E-state index contributed by atoms with van der Waals surface area (Å²) in [5.74, 6) is -1.73. The fourth-order valence-electron chi connectivity index (χ4n) is 7.46. The maximum Gasteiger partial charge on any atom is 0.306 e. The van der Waals surface area contributed by atoms with Gasteiger partial charge in [0.2, 0.25) is 0 Å². The number of aliphatic carboxylic acids is 1. The van der Waals surface area contributed by atoms with Gasteiger partial charge in [0.1, 0.15) is 12.6 Å². The van der Waals surface area contributed by atoms with E-state index in [-0.39, 0.29) is 42.7 Å². The van der Waals surface area contributed by atoms with E-state index in [9.17, 15) is 19.5 Å². The van der Waals surface area contributed by atoms with Gasteiger partial charge in [-0.05, 0) is 44.9 Å². The second-order valence-corrected chi connectivity index (χ2v) is 18.1. The van der Waals surface area contributed by atoms with E-state index in [0.717, 1.165) is 44.9 Å². The van der Waals surface area contributed by atoms with Gasteiger partial charge in [0.25, 0.3) is 0 Å². The van der Waals surface area contributed by atoms with Crippen LogP contribution in [0.25, 0.3) is 0 Å². The number of carbonyl (C=O) groups excluding carboxylic acids is 3. The number of carbonyl (C=O) groups is 3. The number of allylic oxidation sites excluding steroid dienone is 4. The van der Waals surface area contributed by atoms with Gasteiger partial charge >= 0.3 is 11.9 Å². The van der Waals surface area contributed by atoms with Gasteiger partial charge in [-0.15, -0.1) is 0 Å². The molecule has 8 nitrogen and oxygen atoms in total. The second-order valence-electron chi connectivity index (χ2n) is 18.1. The third-order valence-electron chi connectivity index (χ3n) is 11.3. The Kier molecular flexibility index (Phi) is 40.9. The van der Waals surface area contributed by atoms with Crippen LogP contribution in [0.4, 0.5) is 0 Å². The topological polar surface area (TPSA) is 102 Å². The number of esters is 2. The highest BCUT2D eigenvalue weighted by molar-refractivity contribution is 5.70. The third-order valence-corrected chi connectivity index (χ3v) is 11.3. The average molecular weight is 834 g/mol. The molecule has 0 fully saturated rings. The molecule has 59 heavy (non-hydrogen) atoms. The van der Waals surface area contributed by atoms with Crippen LogP contribution in [0.1, 0.15) is 232 Å². The Morgan fingerprint density at radius 3 is 1.31 bits per heavy atom. The number of quaternary nitrogens is 1. The minimum atomic E-state index is -1.12. The van der Waals surface area contributed by atoms with Crippen molar-refractivity contribution in [3.05, 3.63) is 24.3 Å². The molecule has 346 valence electrons. The molecule has 0 aliphatic rings. The molecule has 0 radical (unpaired) electrons. The van der Waals surface area contributed by atoms with Crippen LogP contribution in [0.3, 0.4) is 0 Å². The quantitative estimate of drug-likeness (QED) is 0.0260. The molecule has 0 aliphatic heterocycles. The van der Waals surface area contributed by atoms with Crippen molar-refractivity contribution in [3.63, 3.8) is 0 Å². The standard InChI is InChI=1S/C51H95NO7/c1-6-8-10-12-14-16-18-20-22-23-24-25-26-27-28-30-32-34-36-38-40-42-50(54)59-47(45-57-44-43-48(51(55)56)52(3,4)5)46-58-49(53)41-39-37-35-33-31-29-21-19-17-15-13-11-9-7-2/h18,20,23-24,47-48H,6-17,19,21-22,25-46H2,1-5H3/b20-18-,24-23-. The largest absolute Gasteiger partial charge is 0.544 e. The van der Waals surface area contributed by atoms with E-state index < -0.39 is 18.1 Å². The number of hydrogen-bond donors (Lipinski definition) is 0. The summed E-state index contributed by atoms with van der Waals surface area (Å²) in [4.78, 5) is 37.0. The smallest absolute Gasteiger partial charge is 0.306 e. The first kappa shape index (κ1) is 56.8. The number of ether oxygens (including phenoxy) is 3. The van der Waals surface area contributed by atoms with Crippen molar-refractivity contribution in [2.24, 2.45) is 0 Å². The number of carboxylic acids is 1. The highest BCUT2D eigenvalue weighted by Gasteiger charge is 2.25. The van der Waals surface area contributed by atoms with Gasteiger partial charge in [-0.1, -0.05) is 192 Å². The van der Waals surface area contributed by atoms with Crippen LogP contribution in [0, 0.1) is 0 Å². The Morgan fingerprint density at radius 1 is 0.508 bits per heavy atom. The first-order valence-corrected chi connectivity index (χ1v) is 24.9. The van der Waals surface area contributed by atoms with E-state index in [2.05, 4.69) is 38.2 Å². The van der Waals surface area contributed by atoms with Crippen molar-refractivity contribution in [1.29, 1.82) is 0 Å². The summed E-state index contributed by atoms with van der Waals surface area (Å²) in [5.41, 5.74) is 0. The van der Waals surface area contributed by atoms with Gasteiger partial charge in [-0.25, -0.2) is 0 Å². The maximum atomic E-state index is 12.8. The van der Waals surface area contributed by atoms with Gasteiger partial charge in [-0.2, -0.15) is 0 Å². The zero-order valence-corrected chi connectivity index (χ0v) is 39.4. The molecular weight excluding hydrogens is 739 g/mol. The molecule has 0 amide bonds. The lowest BCUT2D eigenvalue weighted by Gasteiger charge is -2.34. The Labute approximate surface area is 364 Å². The zero-order valence-electron chi connectivity index (χ0n) is 39.4. The normalized spacial score (nSPS) is 13.0. The van der Waals surface area contributed by atoms with Gasteiger partial charge in [-0.3, -0.25) is 9.59 Å². The molecular formula is C51H95NO7. The van der Waals surface area contributed by atoms with Crippen molar-refractivity contribution in [2.45, 2.75) is 244 Å². The number of hydrogen-bond acceptors (Lipinski definition) is 7. The molecule has 0 N–H and O–H groups in total. The molecule has 0 aromatic heterocycles. The lowest BCUT2D eigenvalue weighted by atomic mass is 10.0. The van der Waals surface area contributed by atoms with Crippen molar-refractivity contribution in [2.75, 3.05) is 41.0 Å². The third kappa shape index (κ3) is 41.0. The summed E-state index contributed by atoms with van der Waals surface area (Å²) in [6.45, 7) is 4.68. The molecule has 0 rings (SSSR count). The van der Waals surface area contributed by atoms with Crippen LogP contribution in [-0.2, 0) is 28.6 Å². The van der Waals surface area contributed by atoms with Crippen molar-refractivity contribution < 1.29 is 38.2 Å². The summed E-state index contributed by atoms with van der Waals surface area (Å²) in [6.07, 6.45) is 47.7. The summed E-state index contributed by atoms with van der Waals surface area (Å²) in [5, 5.41) is 11.6. The fraction of sp³-hybridized carbons (Fsp3) is 0.863. The van der Waals surface area contributed by atoms with Crippen LogP contribution < -0.4 is 5.11 Å². The fourth-order valence-corrected chi connectivity index (χ4v) is 7.46. The molecule has 0 aromatic rings. The number of likely N-dealkylation sites (N-methyl/N-ethyl adjacent to an activating group) is 1. The monoisotopic (exact) mass is 834 g/mol. The van der Waals surface area contributed by atoms with Crippen LogP contribution in [0.15, 0.2) is 24.3 Å². The van der Waals surface area contributed by atoms with E-state index in [0.29, 0.717) is 12.8 Å². The minimum Gasteiger partial charge on any atom is -0.544 e. The van der Waals surface area contributed by atoms with Gasteiger partial charge in [0.05, 0.1) is 40.3 Å². The Balaban J connectivity index is 4.24. The molecule has 0 saturated carbocycles. The average Bonchev–Trinajstić information content (AvgIpc) is 3.19. The van der Waals surface area contributed by atoms with Crippen LogP contribution in [0.5, 0.6) is 0 Å². The van der Waals surface area contributed by atoms with Gasteiger partial charge < -0.3 is 28.6 Å². The van der Waals surface area contributed by atoms with Gasteiger partial charge in [0.15, 0.2) is 6.10 Å². The molecule has 0 aromatic carbocycles. The summed E-state index contributed by atoms with van der Waals surface area (Å²) in [7, 11) is 5.42. The molecule has 2 unspecified atom stereocenters. The van der Waals surface area contributed by atoms with Crippen molar-refractivity contribution in [1.82, 2.24) is 0 Å². The highest BCUT2D eigenvalue weighted by Crippen LogP contribution is 2.16. The lowest BCUT2D eigenvalue weighted by molar-refractivity contribution is -0.889. The first-order valence-electron chi connectivity index (χ1n) is 24.9. The number of rotatable bonds is 45. The molecule has 0 spiro atoms. The number of carboxylic acid groups (broad SMARTS) is 1. The molecule has 0 heterocycles. The maximum absolute atomic E-state index is 12.8. The molecule has 2 atom stereocenters. The van der Waals surface area contributed by atoms with Crippen LogP contribution >= 0.6 is 0 Å². The van der Waals surface area contributed by atoms with E-state index >= 15 is 0 Å². The highest BCUT2D eigenvalue weighted by atomic mass is 16.6. The van der Waals surface area contributed by atoms with E-state index in [1.807, 2.05) is 0 Å². The van der Waals surface area contributed by atoms with E-state index in [1.54, 1.807) is 21.1 Å². The van der Waals surface area contributed by atoms with Gasteiger partial charge in [0, 0.05) is 19.3 Å². The predicted molar refractivity (Wildman–Crippen MR) is 245 cm³/mol. The number of nitrogens with zero attached hydrogens (tertiary/aromatic N) is 1. The molecule has 0 bridgehead atoms. The number of unbranched alkanes of at least 4 members (excludes halogenated alkanes) is 27. The van der Waals surface area contributed by atoms with E-state index in [4.69, 9.17) is 14.2 Å². The van der Waals surface area contributed by atoms with Crippen molar-refractivity contribution >= 4 is 17.9 Å². The minimum absolute atomic E-state index is 0.0434. The molecule has 0 saturated heterocycles. The Morgan fingerprint density at radius 2 is 0.898 bits per heavy atom. The summed E-state index contributed by atoms with van der Waals surface area (Å²) >= 11 is 0. The Hall–Kier alpha value is -2.19. The van der Waals surface area contributed by atoms with Crippen LogP contribution in [-0.4, -0.2) is 75.5 Å². The van der Waals surface area contributed by atoms with Crippen molar-refractivity contribution in [3.8, 4) is 0 Å². The van der Waals surface area contributed by atoms with Crippen LogP contribution in [0.2, 0.25) is 0 Å². The molecule has 8 heteroatoms. The predicted octanol–water partition coefficient (Wildman–Crippen LogP) is 12.7. The lowest BCUT2D eigenvalue weighted by Crippen LogP contribution is -2.55. The SMILES string of the molecule is CCCCCCC/C=C\C/C=C\CCCCCCCCCCCC(=O)OC(COCCC(C(=O)[O-])[N+](C)(C)C)COC(=O)CCCCCCCCCCCCCCCC. The molecule has 0 aliphatic carbocycles. The summed E-state index contributed by atoms with van der Waals surface area (Å²) < 4.78 is 17.2. The first-order chi connectivity index (χ1) is 28.6. The van der Waals surface area contributed by atoms with E-state index in [1.165, 1.54) is 154 Å². The summed E-state index contributed by atoms with van der Waals surface area (Å²) in [6, 6.07) is -0.724. The Bertz CT molecular complexity index is 1020. The zero-order chi connectivity index (χ0) is 43.5. The second kappa shape index (κ2) is 42.5.